The summed E-state index contributed by atoms with van der Waals surface area (Å²) in [6.07, 6.45) is -1.71. The average molecular weight is 438 g/mol. The normalized spacial score (nSPS) is 11.7. The Morgan fingerprint density at radius 1 is 1.00 bits per heavy atom. The lowest BCUT2D eigenvalue weighted by Gasteiger charge is -2.17. The van der Waals surface area contributed by atoms with Crippen molar-refractivity contribution in [2.75, 3.05) is 6.61 Å². The van der Waals surface area contributed by atoms with E-state index in [9.17, 15) is 13.2 Å². The third-order valence-corrected chi connectivity index (χ3v) is 5.47. The molecular weight excluding hydrogens is 415 g/mol. The lowest BCUT2D eigenvalue weighted by Crippen LogP contribution is -2.13. The van der Waals surface area contributed by atoms with Crippen molar-refractivity contribution in [3.05, 3.63) is 81.6 Å². The van der Waals surface area contributed by atoms with Gasteiger partial charge in [0, 0.05) is 23.5 Å². The molecule has 0 aliphatic heterocycles. The number of nitrogens with zero attached hydrogens (tertiary/aromatic N) is 1. The molecule has 1 N–H and O–H groups in total. The molecule has 0 bridgehead atoms. The standard InChI is InChI=1S/C23H23ClF3NO2/c1-15-16(2)22(10-5-17(15)4-3-13-29)30-14-21-20(23(25,26)27)11-12-28(21)19-8-6-18(24)7-9-19/h5-12,29H,3-4,13-14H2,1-2H3. The molecule has 0 aliphatic carbocycles. The minimum Gasteiger partial charge on any atom is -0.487 e. The van der Waals surface area contributed by atoms with E-state index < -0.39 is 11.7 Å². The Kier molecular flexibility index (Phi) is 6.78. The molecule has 0 spiro atoms. The minimum atomic E-state index is -4.49. The molecule has 1 heterocycles. The zero-order chi connectivity index (χ0) is 21.9. The lowest BCUT2D eigenvalue weighted by atomic mass is 9.99. The number of rotatable bonds is 7. The molecule has 0 fully saturated rings. The smallest absolute Gasteiger partial charge is 0.418 e. The number of aliphatic hydroxyl groups excluding tert-OH is 1. The van der Waals surface area contributed by atoms with Gasteiger partial charge in [0.15, 0.2) is 0 Å². The van der Waals surface area contributed by atoms with E-state index in [2.05, 4.69) is 0 Å². The van der Waals surface area contributed by atoms with Crippen LogP contribution >= 0.6 is 11.6 Å². The van der Waals surface area contributed by atoms with Crippen LogP contribution in [-0.2, 0) is 19.2 Å². The highest BCUT2D eigenvalue weighted by atomic mass is 35.5. The molecule has 30 heavy (non-hydrogen) atoms. The van der Waals surface area contributed by atoms with Gasteiger partial charge in [-0.2, -0.15) is 13.2 Å². The zero-order valence-electron chi connectivity index (χ0n) is 16.8. The van der Waals surface area contributed by atoms with E-state index in [1.165, 1.54) is 10.8 Å². The van der Waals surface area contributed by atoms with Crippen LogP contribution in [0.5, 0.6) is 5.75 Å². The molecule has 0 saturated heterocycles. The minimum absolute atomic E-state index is 0.0197. The third-order valence-electron chi connectivity index (χ3n) is 5.22. The first kappa shape index (κ1) is 22.2. The average Bonchev–Trinajstić information content (AvgIpc) is 3.13. The van der Waals surface area contributed by atoms with Crippen LogP contribution in [0.4, 0.5) is 13.2 Å². The Hall–Kier alpha value is -2.44. The van der Waals surface area contributed by atoms with Crippen molar-refractivity contribution in [3.8, 4) is 11.4 Å². The Bertz CT molecular complexity index is 1010. The Morgan fingerprint density at radius 3 is 2.33 bits per heavy atom. The van der Waals surface area contributed by atoms with Gasteiger partial charge in [-0.15, -0.1) is 0 Å². The number of aliphatic hydroxyl groups is 1. The van der Waals surface area contributed by atoms with Crippen LogP contribution < -0.4 is 4.74 Å². The molecule has 1 aromatic heterocycles. The van der Waals surface area contributed by atoms with Crippen molar-refractivity contribution in [1.82, 2.24) is 4.57 Å². The maximum Gasteiger partial charge on any atom is 0.418 e. The Morgan fingerprint density at radius 2 is 1.70 bits per heavy atom. The number of benzene rings is 2. The molecule has 2 aromatic carbocycles. The van der Waals surface area contributed by atoms with E-state index in [1.807, 2.05) is 19.9 Å². The van der Waals surface area contributed by atoms with Crippen LogP contribution in [0, 0.1) is 13.8 Å². The highest BCUT2D eigenvalue weighted by Gasteiger charge is 2.35. The van der Waals surface area contributed by atoms with Gasteiger partial charge in [0.2, 0.25) is 0 Å². The second-order valence-electron chi connectivity index (χ2n) is 7.11. The van der Waals surface area contributed by atoms with E-state index in [-0.39, 0.29) is 18.9 Å². The summed E-state index contributed by atoms with van der Waals surface area (Å²) < 4.78 is 48.0. The van der Waals surface area contributed by atoms with Crippen LogP contribution in [0.15, 0.2) is 48.7 Å². The van der Waals surface area contributed by atoms with Crippen molar-refractivity contribution < 1.29 is 23.0 Å². The Labute approximate surface area is 178 Å². The van der Waals surface area contributed by atoms with Crippen LogP contribution in [0.25, 0.3) is 5.69 Å². The van der Waals surface area contributed by atoms with Crippen molar-refractivity contribution in [2.24, 2.45) is 0 Å². The van der Waals surface area contributed by atoms with Gasteiger partial charge in [-0.3, -0.25) is 0 Å². The van der Waals surface area contributed by atoms with Gasteiger partial charge in [0.25, 0.3) is 0 Å². The van der Waals surface area contributed by atoms with Crippen molar-refractivity contribution in [1.29, 1.82) is 0 Å². The molecular formula is C23H23ClF3NO2. The number of ether oxygens (including phenoxy) is 1. The van der Waals surface area contributed by atoms with Gasteiger partial charge in [0.05, 0.1) is 11.3 Å². The van der Waals surface area contributed by atoms with Gasteiger partial charge in [0.1, 0.15) is 12.4 Å². The molecule has 0 unspecified atom stereocenters. The SMILES string of the molecule is Cc1c(CCCO)ccc(OCc2c(C(F)(F)F)ccn2-c2ccc(Cl)cc2)c1C. The van der Waals surface area contributed by atoms with Gasteiger partial charge in [-0.25, -0.2) is 0 Å². The first-order valence-electron chi connectivity index (χ1n) is 9.58. The largest absolute Gasteiger partial charge is 0.487 e. The fourth-order valence-corrected chi connectivity index (χ4v) is 3.53. The molecule has 0 radical (unpaired) electrons. The fraction of sp³-hybridized carbons (Fsp3) is 0.304. The van der Waals surface area contributed by atoms with Crippen LogP contribution in [0.3, 0.4) is 0 Å². The number of aromatic nitrogens is 1. The summed E-state index contributed by atoms with van der Waals surface area (Å²) in [6, 6.07) is 11.3. The predicted octanol–water partition coefficient (Wildman–Crippen LogP) is 6.27. The molecule has 3 aromatic rings. The maximum atomic E-state index is 13.6. The third kappa shape index (κ3) is 4.82. The monoisotopic (exact) mass is 437 g/mol. The van der Waals surface area contributed by atoms with E-state index in [0.29, 0.717) is 22.9 Å². The highest BCUT2D eigenvalue weighted by molar-refractivity contribution is 6.30. The zero-order valence-corrected chi connectivity index (χ0v) is 17.5. The number of aryl methyl sites for hydroxylation is 1. The highest BCUT2D eigenvalue weighted by Crippen LogP contribution is 2.35. The molecule has 3 nitrogen and oxygen atoms in total. The fourth-order valence-electron chi connectivity index (χ4n) is 3.41. The maximum absolute atomic E-state index is 13.6. The van der Waals surface area contributed by atoms with Gasteiger partial charge >= 0.3 is 6.18 Å². The summed E-state index contributed by atoms with van der Waals surface area (Å²) in [5.74, 6) is 0.539. The lowest BCUT2D eigenvalue weighted by molar-refractivity contribution is -0.138. The second kappa shape index (κ2) is 9.14. The molecule has 160 valence electrons. The second-order valence-corrected chi connectivity index (χ2v) is 7.55. The van der Waals surface area contributed by atoms with E-state index >= 15 is 0 Å². The number of alkyl halides is 3. The molecule has 0 atom stereocenters. The van der Waals surface area contributed by atoms with Crippen molar-refractivity contribution in [3.63, 3.8) is 0 Å². The number of halogens is 4. The van der Waals surface area contributed by atoms with Crippen molar-refractivity contribution in [2.45, 2.75) is 39.5 Å². The van der Waals surface area contributed by atoms with Gasteiger partial charge in [-0.05, 0) is 79.8 Å². The molecule has 0 amide bonds. The first-order chi connectivity index (χ1) is 14.2. The summed E-state index contributed by atoms with van der Waals surface area (Å²) in [7, 11) is 0. The quantitative estimate of drug-likeness (QED) is 0.472. The topological polar surface area (TPSA) is 34.4 Å². The summed E-state index contributed by atoms with van der Waals surface area (Å²) in [6.45, 7) is 3.71. The first-order valence-corrected chi connectivity index (χ1v) is 9.96. The summed E-state index contributed by atoms with van der Waals surface area (Å²) in [5, 5.41) is 9.54. The van der Waals surface area contributed by atoms with Crippen LogP contribution in [0.1, 0.15) is 34.4 Å². The number of hydrogen-bond acceptors (Lipinski definition) is 2. The Balaban J connectivity index is 1.92. The summed E-state index contributed by atoms with van der Waals surface area (Å²) in [5.41, 5.74) is 2.85. The summed E-state index contributed by atoms with van der Waals surface area (Å²) >= 11 is 5.91. The van der Waals surface area contributed by atoms with E-state index in [0.717, 1.165) is 29.2 Å². The molecule has 0 saturated carbocycles. The molecule has 0 aliphatic rings. The predicted molar refractivity (Wildman–Crippen MR) is 111 cm³/mol. The van der Waals surface area contributed by atoms with Crippen LogP contribution in [-0.4, -0.2) is 16.3 Å². The van der Waals surface area contributed by atoms with Crippen LogP contribution in [0.2, 0.25) is 5.02 Å². The summed E-state index contributed by atoms with van der Waals surface area (Å²) in [4.78, 5) is 0. The molecule has 3 rings (SSSR count). The van der Waals surface area contributed by atoms with E-state index in [4.69, 9.17) is 21.4 Å². The van der Waals surface area contributed by atoms with Crippen molar-refractivity contribution >= 4 is 11.6 Å². The van der Waals surface area contributed by atoms with E-state index in [1.54, 1.807) is 30.3 Å². The molecule has 7 heteroatoms. The van der Waals surface area contributed by atoms with Gasteiger partial charge < -0.3 is 14.4 Å². The van der Waals surface area contributed by atoms with Gasteiger partial charge in [-0.1, -0.05) is 17.7 Å². The number of hydrogen-bond donors (Lipinski definition) is 1.